The van der Waals surface area contributed by atoms with Gasteiger partial charge in [-0.2, -0.15) is 0 Å². The van der Waals surface area contributed by atoms with Gasteiger partial charge in [-0.1, -0.05) is 23.7 Å². The number of carbonyl (C=O) groups is 1. The van der Waals surface area contributed by atoms with Crippen molar-refractivity contribution >= 4 is 39.2 Å². The molecule has 1 N–H and O–H groups in total. The number of likely N-dealkylation sites (tertiary alicyclic amines) is 1. The lowest BCUT2D eigenvalue weighted by Crippen LogP contribution is -2.39. The van der Waals surface area contributed by atoms with E-state index in [2.05, 4.69) is 9.97 Å². The largest absolute Gasteiger partial charge is 0.348 e. The Morgan fingerprint density at radius 2 is 1.85 bits per heavy atom. The first-order valence-electron chi connectivity index (χ1n) is 13.5. The van der Waals surface area contributed by atoms with Gasteiger partial charge < -0.3 is 9.88 Å². The van der Waals surface area contributed by atoms with Crippen LogP contribution in [0.2, 0.25) is 5.02 Å². The highest BCUT2D eigenvalue weighted by Gasteiger charge is 2.37. The zero-order valence-corrected chi connectivity index (χ0v) is 23.5. The number of piperidine rings is 2. The summed E-state index contributed by atoms with van der Waals surface area (Å²) >= 11 is 6.46. The number of nitrogens with zero attached hydrogens (tertiary/aromatic N) is 4. The van der Waals surface area contributed by atoms with E-state index in [1.807, 2.05) is 47.5 Å². The topological polar surface area (TPSA) is 99.3 Å². The smallest absolute Gasteiger partial charge is 0.254 e. The van der Waals surface area contributed by atoms with Crippen LogP contribution in [0.5, 0.6) is 0 Å². The average molecular weight is 566 g/mol. The Balaban J connectivity index is 1.35. The van der Waals surface area contributed by atoms with Crippen molar-refractivity contribution in [3.8, 4) is 0 Å². The molecule has 2 aromatic heterocycles. The van der Waals surface area contributed by atoms with Gasteiger partial charge in [0.1, 0.15) is 0 Å². The molecular weight excluding hydrogens is 534 g/mol. The number of aromatic nitrogens is 3. The van der Waals surface area contributed by atoms with Gasteiger partial charge in [0.15, 0.2) is 0 Å². The normalized spacial score (nSPS) is 21.1. The van der Waals surface area contributed by atoms with E-state index in [0.717, 1.165) is 53.8 Å². The molecule has 39 heavy (non-hydrogen) atoms. The second-order valence-corrected chi connectivity index (χ2v) is 13.2. The first kappa shape index (κ1) is 26.2. The predicted molar refractivity (Wildman–Crippen MR) is 152 cm³/mol. The second kappa shape index (κ2) is 10.5. The molecule has 1 aromatic carbocycles. The molecule has 1 aliphatic carbocycles. The molecular formula is C29H32ClN5O3S. The third kappa shape index (κ3) is 5.15. The zero-order valence-electron chi connectivity index (χ0n) is 21.9. The molecule has 8 nitrogen and oxygen atoms in total. The number of hydrogen-bond acceptors (Lipinski definition) is 5. The molecule has 10 heteroatoms. The lowest BCUT2D eigenvalue weighted by atomic mass is 9.76. The van der Waals surface area contributed by atoms with Gasteiger partial charge in [-0.15, -0.1) is 0 Å². The molecule has 0 bridgehead atoms. The van der Waals surface area contributed by atoms with E-state index in [1.54, 1.807) is 16.8 Å². The number of pyridine rings is 1. The van der Waals surface area contributed by atoms with Crippen LogP contribution < -0.4 is 0 Å². The Morgan fingerprint density at radius 3 is 2.54 bits per heavy atom. The van der Waals surface area contributed by atoms with Gasteiger partial charge in [0.25, 0.3) is 5.91 Å². The Morgan fingerprint density at radius 1 is 1.08 bits per heavy atom. The number of rotatable bonds is 4. The van der Waals surface area contributed by atoms with Crippen molar-refractivity contribution in [2.45, 2.75) is 37.5 Å². The Kier molecular flexibility index (Phi) is 7.07. The highest BCUT2D eigenvalue weighted by atomic mass is 35.5. The summed E-state index contributed by atoms with van der Waals surface area (Å²) < 4.78 is 25.9. The Bertz CT molecular complexity index is 1510. The van der Waals surface area contributed by atoms with Gasteiger partial charge in [0, 0.05) is 72.3 Å². The van der Waals surface area contributed by atoms with Crippen molar-refractivity contribution in [2.75, 3.05) is 32.4 Å². The first-order chi connectivity index (χ1) is 18.8. The van der Waals surface area contributed by atoms with Crippen LogP contribution in [0.25, 0.3) is 11.6 Å². The fourth-order valence-corrected chi connectivity index (χ4v) is 7.53. The molecule has 0 spiro atoms. The summed E-state index contributed by atoms with van der Waals surface area (Å²) in [5.74, 6) is 0.494. The Hall–Kier alpha value is -3.01. The molecule has 204 valence electrons. The fourth-order valence-electron chi connectivity index (χ4n) is 6.48. The van der Waals surface area contributed by atoms with E-state index in [0.29, 0.717) is 42.7 Å². The maximum Gasteiger partial charge on any atom is 0.254 e. The van der Waals surface area contributed by atoms with Gasteiger partial charge in [-0.25, -0.2) is 17.7 Å². The lowest BCUT2D eigenvalue weighted by Gasteiger charge is -2.36. The maximum atomic E-state index is 14.1. The van der Waals surface area contributed by atoms with Crippen molar-refractivity contribution in [1.82, 2.24) is 24.2 Å². The number of halogens is 1. The molecule has 0 radical (unpaired) electrons. The van der Waals surface area contributed by atoms with E-state index < -0.39 is 10.0 Å². The quantitative estimate of drug-likeness (QED) is 0.501. The Labute approximate surface area is 234 Å². The van der Waals surface area contributed by atoms with Crippen LogP contribution >= 0.6 is 11.6 Å². The second-order valence-electron chi connectivity index (χ2n) is 10.8. The molecule has 1 amide bonds. The van der Waals surface area contributed by atoms with Gasteiger partial charge in [-0.3, -0.25) is 9.78 Å². The minimum atomic E-state index is -3.23. The molecule has 1 unspecified atom stereocenters. The standard InChI is InChI=1S/C29H32ClN5O3S/c1-39(37,38)35-13-8-20(9-14-35)27-23-5-4-22(30)15-21(23)16-25(24-3-2-10-32-28(24)27)29(36)34-11-6-19(7-12-34)26-17-31-18-33-26/h2-5,10,15-20,27H,6-9,11-14H2,1H3,(H,31,33). The van der Waals surface area contributed by atoms with Crippen molar-refractivity contribution in [1.29, 1.82) is 0 Å². The van der Waals surface area contributed by atoms with Crippen LogP contribution in [0.1, 0.15) is 65.6 Å². The number of amides is 1. The number of hydrogen-bond donors (Lipinski definition) is 1. The van der Waals surface area contributed by atoms with Gasteiger partial charge in [-0.05, 0) is 67.0 Å². The molecule has 2 saturated heterocycles. The van der Waals surface area contributed by atoms with E-state index in [4.69, 9.17) is 16.6 Å². The van der Waals surface area contributed by atoms with E-state index in [1.165, 1.54) is 6.26 Å². The first-order valence-corrected chi connectivity index (χ1v) is 15.7. The highest BCUT2D eigenvalue weighted by Crippen LogP contribution is 2.45. The zero-order chi connectivity index (χ0) is 27.1. The summed E-state index contributed by atoms with van der Waals surface area (Å²) in [7, 11) is -3.23. The van der Waals surface area contributed by atoms with E-state index >= 15 is 0 Å². The summed E-state index contributed by atoms with van der Waals surface area (Å²) in [6, 6.07) is 9.75. The third-order valence-corrected chi connectivity index (χ3v) is 10.1. The van der Waals surface area contributed by atoms with Crippen molar-refractivity contribution < 1.29 is 13.2 Å². The van der Waals surface area contributed by atoms with Crippen molar-refractivity contribution in [2.24, 2.45) is 5.92 Å². The summed E-state index contributed by atoms with van der Waals surface area (Å²) in [6.07, 6.45) is 11.8. The SMILES string of the molecule is CS(=O)(=O)N1CCC(C2c3ccc(Cl)cc3C=C(C(=O)N3CCC(c4cnc[nH]4)CC3)c3cccnc32)CC1. The minimum absolute atomic E-state index is 0.00535. The van der Waals surface area contributed by atoms with Gasteiger partial charge >= 0.3 is 0 Å². The molecule has 0 saturated carbocycles. The molecule has 2 aliphatic heterocycles. The van der Waals surface area contributed by atoms with Crippen molar-refractivity contribution in [3.63, 3.8) is 0 Å². The highest BCUT2D eigenvalue weighted by molar-refractivity contribution is 7.88. The predicted octanol–water partition coefficient (Wildman–Crippen LogP) is 4.52. The molecule has 4 heterocycles. The number of carbonyl (C=O) groups excluding carboxylic acids is 1. The number of aromatic amines is 1. The van der Waals surface area contributed by atoms with Crippen LogP contribution in [0.15, 0.2) is 49.1 Å². The number of benzene rings is 1. The summed E-state index contributed by atoms with van der Waals surface area (Å²) in [6.45, 7) is 2.31. The summed E-state index contributed by atoms with van der Waals surface area (Å²) in [5, 5.41) is 0.613. The van der Waals surface area contributed by atoms with E-state index in [-0.39, 0.29) is 17.7 Å². The number of nitrogens with one attached hydrogen (secondary N) is 1. The lowest BCUT2D eigenvalue weighted by molar-refractivity contribution is -0.126. The summed E-state index contributed by atoms with van der Waals surface area (Å²) in [5.41, 5.74) is 5.49. The number of H-pyrrole nitrogens is 1. The van der Waals surface area contributed by atoms with Crippen LogP contribution in [0.3, 0.4) is 0 Å². The van der Waals surface area contributed by atoms with Crippen LogP contribution in [-0.4, -0.2) is 70.9 Å². The number of sulfonamides is 1. The molecule has 1 atom stereocenters. The molecule has 3 aliphatic rings. The fraction of sp³-hybridized carbons (Fsp3) is 0.414. The monoisotopic (exact) mass is 565 g/mol. The summed E-state index contributed by atoms with van der Waals surface area (Å²) in [4.78, 5) is 28.3. The van der Waals surface area contributed by atoms with Crippen molar-refractivity contribution in [3.05, 3.63) is 82.2 Å². The van der Waals surface area contributed by atoms with Crippen LogP contribution in [0, 0.1) is 5.92 Å². The number of imidazole rings is 1. The average Bonchev–Trinajstić information content (AvgIpc) is 3.44. The van der Waals surface area contributed by atoms with Crippen LogP contribution in [0.4, 0.5) is 0 Å². The van der Waals surface area contributed by atoms with Gasteiger partial charge in [0.05, 0.1) is 18.3 Å². The number of fused-ring (bicyclic) bond motifs is 2. The van der Waals surface area contributed by atoms with Crippen LogP contribution in [-0.2, 0) is 14.8 Å². The maximum absolute atomic E-state index is 14.1. The van der Waals surface area contributed by atoms with Gasteiger partial charge in [0.2, 0.25) is 10.0 Å². The molecule has 2 fully saturated rings. The van der Waals surface area contributed by atoms with E-state index in [9.17, 15) is 13.2 Å². The third-order valence-electron chi connectivity index (χ3n) is 8.52. The molecule has 6 rings (SSSR count). The molecule has 3 aromatic rings. The minimum Gasteiger partial charge on any atom is -0.348 e.